The number of benzene rings is 1. The Balaban J connectivity index is 2.51. The first-order valence-electron chi connectivity index (χ1n) is 4.56. The van der Waals surface area contributed by atoms with Crippen molar-refractivity contribution in [3.05, 3.63) is 59.8 Å². The van der Waals surface area contributed by atoms with E-state index in [1.807, 2.05) is 30.3 Å². The predicted molar refractivity (Wildman–Crippen MR) is 63.6 cm³/mol. The van der Waals surface area contributed by atoms with Crippen molar-refractivity contribution in [2.24, 2.45) is 0 Å². The minimum absolute atomic E-state index is 0.631. The Bertz CT molecular complexity index is 477. The quantitative estimate of drug-likeness (QED) is 0.740. The lowest BCUT2D eigenvalue weighted by Crippen LogP contribution is -1.85. The fraction of sp³-hybridized carbons (Fsp3) is 0. The summed E-state index contributed by atoms with van der Waals surface area (Å²) in [7, 11) is 0. The lowest BCUT2D eigenvalue weighted by atomic mass is 10.1. The molecule has 1 aromatic heterocycles. The van der Waals surface area contributed by atoms with Gasteiger partial charge >= 0.3 is 0 Å². The van der Waals surface area contributed by atoms with Crippen molar-refractivity contribution in [3.63, 3.8) is 0 Å². The Morgan fingerprint density at radius 1 is 1.47 bits per heavy atom. The summed E-state index contributed by atoms with van der Waals surface area (Å²) in [4.78, 5) is 4.30. The first kappa shape index (κ1) is 9.94. The van der Waals surface area contributed by atoms with Crippen LogP contribution in [-0.2, 0) is 0 Å². The number of rotatable bonds is 2. The van der Waals surface area contributed by atoms with E-state index in [0.717, 1.165) is 16.8 Å². The van der Waals surface area contributed by atoms with Gasteiger partial charge in [0.25, 0.3) is 0 Å². The molecule has 1 aromatic carbocycles. The predicted octanol–water partition coefficient (Wildman–Crippen LogP) is 3.85. The zero-order valence-corrected chi connectivity index (χ0v) is 8.83. The van der Waals surface area contributed by atoms with Gasteiger partial charge in [-0.2, -0.15) is 0 Å². The van der Waals surface area contributed by atoms with Crippen LogP contribution < -0.4 is 0 Å². The van der Waals surface area contributed by atoms with E-state index in [-0.39, 0.29) is 0 Å². The fourth-order valence-corrected chi connectivity index (χ4v) is 1.60. The van der Waals surface area contributed by atoms with Crippen molar-refractivity contribution in [3.8, 4) is 11.3 Å². The Kier molecular flexibility index (Phi) is 2.84. The molecule has 73 valence electrons. The van der Waals surface area contributed by atoms with Crippen molar-refractivity contribution < 1.29 is 0 Å². The lowest BCUT2D eigenvalue weighted by molar-refractivity contribution is 1.31. The van der Waals surface area contributed by atoms with Gasteiger partial charge in [-0.3, -0.25) is 4.98 Å². The summed E-state index contributed by atoms with van der Waals surface area (Å²) in [6.45, 7) is 3.67. The lowest BCUT2D eigenvalue weighted by Gasteiger charge is -2.03. The molecule has 0 spiro atoms. The molecule has 0 bridgehead atoms. The minimum Gasteiger partial charge on any atom is -0.254 e. The molecule has 0 saturated heterocycles. The van der Waals surface area contributed by atoms with Crippen LogP contribution in [0.2, 0.25) is 5.02 Å². The second-order valence-corrected chi connectivity index (χ2v) is 3.50. The maximum Gasteiger partial charge on any atom is 0.0888 e. The summed E-state index contributed by atoms with van der Waals surface area (Å²) in [6.07, 6.45) is 3.47. The molecule has 0 aliphatic rings. The number of nitrogens with zero attached hydrogens (tertiary/aromatic N) is 1. The highest BCUT2D eigenvalue weighted by Gasteiger charge is 2.04. The molecule has 0 N–H and O–H groups in total. The Hall–Kier alpha value is -1.60. The molecule has 0 atom stereocenters. The molecular weight excluding hydrogens is 206 g/mol. The van der Waals surface area contributed by atoms with E-state index in [1.165, 1.54) is 0 Å². The molecule has 0 unspecified atom stereocenters. The Morgan fingerprint density at radius 3 is 2.93 bits per heavy atom. The fourth-order valence-electron chi connectivity index (χ4n) is 1.32. The van der Waals surface area contributed by atoms with E-state index >= 15 is 0 Å². The van der Waals surface area contributed by atoms with Crippen LogP contribution in [0.15, 0.2) is 43.1 Å². The van der Waals surface area contributed by atoms with Crippen LogP contribution in [-0.4, -0.2) is 4.98 Å². The van der Waals surface area contributed by atoms with Crippen LogP contribution in [0.1, 0.15) is 5.56 Å². The molecular formula is C13H9ClN. The van der Waals surface area contributed by atoms with Crippen molar-refractivity contribution in [2.45, 2.75) is 0 Å². The molecule has 0 fully saturated rings. The second kappa shape index (κ2) is 4.28. The van der Waals surface area contributed by atoms with Gasteiger partial charge in [-0.05, 0) is 23.8 Å². The monoisotopic (exact) mass is 214 g/mol. The van der Waals surface area contributed by atoms with E-state index in [4.69, 9.17) is 11.6 Å². The van der Waals surface area contributed by atoms with Gasteiger partial charge in [0.05, 0.1) is 10.7 Å². The maximum atomic E-state index is 6.12. The molecule has 0 amide bonds. The molecule has 2 aromatic rings. The van der Waals surface area contributed by atoms with Gasteiger partial charge in [0.1, 0.15) is 0 Å². The molecule has 2 rings (SSSR count). The molecule has 15 heavy (non-hydrogen) atoms. The maximum absolute atomic E-state index is 6.12. The van der Waals surface area contributed by atoms with E-state index in [0.29, 0.717) is 5.02 Å². The smallest absolute Gasteiger partial charge is 0.0888 e. The first-order valence-corrected chi connectivity index (χ1v) is 4.93. The molecule has 0 aliphatic carbocycles. The van der Waals surface area contributed by atoms with Crippen LogP contribution in [0.25, 0.3) is 17.3 Å². The third-order valence-electron chi connectivity index (χ3n) is 2.08. The van der Waals surface area contributed by atoms with Crippen molar-refractivity contribution >= 4 is 17.7 Å². The largest absolute Gasteiger partial charge is 0.254 e. The van der Waals surface area contributed by atoms with Crippen LogP contribution in [0.4, 0.5) is 0 Å². The van der Waals surface area contributed by atoms with Gasteiger partial charge < -0.3 is 0 Å². The summed E-state index contributed by atoms with van der Waals surface area (Å²) in [5, 5.41) is 0.631. The number of hydrogen-bond donors (Lipinski definition) is 0. The van der Waals surface area contributed by atoms with Gasteiger partial charge in [0.2, 0.25) is 0 Å². The highest BCUT2D eigenvalue weighted by Crippen LogP contribution is 2.25. The van der Waals surface area contributed by atoms with Crippen LogP contribution in [0.3, 0.4) is 0 Å². The number of pyridine rings is 1. The number of aromatic nitrogens is 1. The molecule has 1 radical (unpaired) electrons. The summed E-state index contributed by atoms with van der Waals surface area (Å²) >= 11 is 6.12. The third kappa shape index (κ3) is 2.08. The SMILES string of the molecule is C=Cc1cnc(-c2c[c]ccc2)c(Cl)c1. The molecule has 1 heterocycles. The van der Waals surface area contributed by atoms with Gasteiger partial charge in [0.15, 0.2) is 0 Å². The standard InChI is InChI=1S/C13H9ClN/c1-2-10-8-12(14)13(15-9-10)11-6-4-3-5-7-11/h2-4,6-9H,1H2. The van der Waals surface area contributed by atoms with E-state index in [9.17, 15) is 0 Å². The van der Waals surface area contributed by atoms with E-state index in [2.05, 4.69) is 17.6 Å². The van der Waals surface area contributed by atoms with Crippen molar-refractivity contribution in [1.82, 2.24) is 4.98 Å². The van der Waals surface area contributed by atoms with Gasteiger partial charge in [0, 0.05) is 11.8 Å². The summed E-state index contributed by atoms with van der Waals surface area (Å²) in [5.74, 6) is 0. The van der Waals surface area contributed by atoms with E-state index < -0.39 is 0 Å². The molecule has 1 nitrogen and oxygen atoms in total. The zero-order chi connectivity index (χ0) is 10.7. The Labute approximate surface area is 94.1 Å². The van der Waals surface area contributed by atoms with Crippen molar-refractivity contribution in [2.75, 3.05) is 0 Å². The Morgan fingerprint density at radius 2 is 2.33 bits per heavy atom. The number of halogens is 1. The molecule has 2 heteroatoms. The number of hydrogen-bond acceptors (Lipinski definition) is 1. The second-order valence-electron chi connectivity index (χ2n) is 3.10. The van der Waals surface area contributed by atoms with Gasteiger partial charge in [-0.25, -0.2) is 0 Å². The average molecular weight is 215 g/mol. The van der Waals surface area contributed by atoms with Crippen LogP contribution in [0, 0.1) is 6.07 Å². The summed E-state index contributed by atoms with van der Waals surface area (Å²) in [5.41, 5.74) is 2.67. The topological polar surface area (TPSA) is 12.9 Å². The molecule has 0 saturated carbocycles. The van der Waals surface area contributed by atoms with Crippen LogP contribution >= 0.6 is 11.6 Å². The average Bonchev–Trinajstić information content (AvgIpc) is 2.30. The third-order valence-corrected chi connectivity index (χ3v) is 2.37. The zero-order valence-electron chi connectivity index (χ0n) is 8.07. The van der Waals surface area contributed by atoms with Crippen LogP contribution in [0.5, 0.6) is 0 Å². The summed E-state index contributed by atoms with van der Waals surface area (Å²) < 4.78 is 0. The normalized spacial score (nSPS) is 9.93. The van der Waals surface area contributed by atoms with Gasteiger partial charge in [-0.15, -0.1) is 0 Å². The highest BCUT2D eigenvalue weighted by atomic mass is 35.5. The first-order chi connectivity index (χ1) is 7.31. The minimum atomic E-state index is 0.631. The van der Waals surface area contributed by atoms with E-state index in [1.54, 1.807) is 12.3 Å². The molecule has 0 aliphatic heterocycles. The van der Waals surface area contributed by atoms with Crippen molar-refractivity contribution in [1.29, 1.82) is 0 Å². The highest BCUT2D eigenvalue weighted by molar-refractivity contribution is 6.33. The van der Waals surface area contributed by atoms with Gasteiger partial charge in [-0.1, -0.05) is 42.5 Å². The summed E-state index contributed by atoms with van der Waals surface area (Å²) in [6, 6.07) is 12.4.